The zero-order valence-electron chi connectivity index (χ0n) is 18.4. The standard InChI is InChI=1S/C23H23ClFN5O4/c1-12-26-5-7-28(12)11-18(31)27-13-4-6-29(9-13)21-17(25)8-15-20(19(21)24)30(14-2-3-14)10-16(22(15)32)23(33)34/h5,7-8,10,13-14H,2-4,6,9,11H2,1H3,(H,27,31)(H,33,34). The normalized spacial score (nSPS) is 18.0. The number of anilines is 1. The number of fused-ring (bicyclic) bond motifs is 1. The Morgan fingerprint density at radius 2 is 2.09 bits per heavy atom. The lowest BCUT2D eigenvalue weighted by Gasteiger charge is -2.23. The van der Waals surface area contributed by atoms with E-state index in [4.69, 9.17) is 11.6 Å². The van der Waals surface area contributed by atoms with E-state index in [1.165, 1.54) is 6.20 Å². The maximum atomic E-state index is 15.3. The highest BCUT2D eigenvalue weighted by Gasteiger charge is 2.32. The van der Waals surface area contributed by atoms with Crippen LogP contribution in [0.2, 0.25) is 5.02 Å². The molecule has 1 aliphatic heterocycles. The first-order valence-corrected chi connectivity index (χ1v) is 11.4. The van der Waals surface area contributed by atoms with Crippen molar-refractivity contribution in [3.05, 3.63) is 57.1 Å². The van der Waals surface area contributed by atoms with Gasteiger partial charge >= 0.3 is 5.97 Å². The van der Waals surface area contributed by atoms with E-state index in [1.54, 1.807) is 26.4 Å². The Balaban J connectivity index is 1.44. The van der Waals surface area contributed by atoms with Crippen LogP contribution in [0.3, 0.4) is 0 Å². The fourth-order valence-corrected chi connectivity index (χ4v) is 5.00. The summed E-state index contributed by atoms with van der Waals surface area (Å²) < 4.78 is 18.7. The molecule has 1 aliphatic carbocycles. The van der Waals surface area contributed by atoms with Gasteiger partial charge in [0.15, 0.2) is 0 Å². The van der Waals surface area contributed by atoms with Crippen molar-refractivity contribution in [3.63, 3.8) is 0 Å². The number of pyridine rings is 1. The summed E-state index contributed by atoms with van der Waals surface area (Å²) in [6.07, 6.45) is 6.93. The molecule has 0 bridgehead atoms. The SMILES string of the molecule is Cc1nccn1CC(=O)NC1CCN(c2c(F)cc3c(=O)c(C(=O)O)cn(C4CC4)c3c2Cl)C1. The lowest BCUT2D eigenvalue weighted by atomic mass is 10.1. The van der Waals surface area contributed by atoms with Crippen LogP contribution in [-0.4, -0.2) is 50.2 Å². The predicted octanol–water partition coefficient (Wildman–Crippen LogP) is 2.73. The highest BCUT2D eigenvalue weighted by Crippen LogP contribution is 2.42. The Labute approximate surface area is 198 Å². The van der Waals surface area contributed by atoms with Gasteiger partial charge in [-0.25, -0.2) is 14.2 Å². The number of nitrogens with one attached hydrogen (secondary N) is 1. The Bertz CT molecular complexity index is 1380. The largest absolute Gasteiger partial charge is 0.477 e. The van der Waals surface area contributed by atoms with Crippen LogP contribution in [-0.2, 0) is 11.3 Å². The summed E-state index contributed by atoms with van der Waals surface area (Å²) in [6, 6.07) is 0.912. The summed E-state index contributed by atoms with van der Waals surface area (Å²) in [7, 11) is 0. The fourth-order valence-electron chi connectivity index (χ4n) is 4.59. The average molecular weight is 488 g/mol. The molecule has 11 heteroatoms. The number of halogens is 2. The highest BCUT2D eigenvalue weighted by atomic mass is 35.5. The van der Waals surface area contributed by atoms with Gasteiger partial charge in [0.1, 0.15) is 23.7 Å². The second kappa shape index (κ2) is 8.43. The third kappa shape index (κ3) is 3.91. The van der Waals surface area contributed by atoms with E-state index in [2.05, 4.69) is 10.3 Å². The van der Waals surface area contributed by atoms with Gasteiger partial charge in [-0.3, -0.25) is 9.59 Å². The first kappa shape index (κ1) is 22.4. The Hall–Kier alpha value is -3.40. The number of benzene rings is 1. The number of carboxylic acids is 1. The van der Waals surface area contributed by atoms with Crippen LogP contribution in [0, 0.1) is 12.7 Å². The summed E-state index contributed by atoms with van der Waals surface area (Å²) in [5.74, 6) is -1.48. The second-order valence-corrected chi connectivity index (χ2v) is 9.21. The molecule has 1 saturated heterocycles. The molecule has 5 rings (SSSR count). The monoisotopic (exact) mass is 487 g/mol. The molecule has 3 aromatic rings. The number of aromatic nitrogens is 3. The van der Waals surface area contributed by atoms with Crippen molar-refractivity contribution in [2.75, 3.05) is 18.0 Å². The van der Waals surface area contributed by atoms with Crippen molar-refractivity contribution in [3.8, 4) is 0 Å². The molecule has 0 spiro atoms. The maximum absolute atomic E-state index is 15.3. The van der Waals surface area contributed by atoms with Gasteiger partial charge in [0.2, 0.25) is 11.3 Å². The molecule has 2 aromatic heterocycles. The quantitative estimate of drug-likeness (QED) is 0.553. The molecule has 2 fully saturated rings. The summed E-state index contributed by atoms with van der Waals surface area (Å²) in [5, 5.41) is 12.4. The number of aromatic carboxylic acids is 1. The van der Waals surface area contributed by atoms with E-state index in [9.17, 15) is 19.5 Å². The number of nitrogens with zero attached hydrogens (tertiary/aromatic N) is 4. The molecule has 0 radical (unpaired) electrons. The summed E-state index contributed by atoms with van der Waals surface area (Å²) in [5.41, 5.74) is -0.653. The molecule has 1 aromatic carbocycles. The fraction of sp³-hybridized carbons (Fsp3) is 0.391. The number of hydrogen-bond donors (Lipinski definition) is 2. The first-order chi connectivity index (χ1) is 16.2. The smallest absolute Gasteiger partial charge is 0.341 e. The minimum Gasteiger partial charge on any atom is -0.477 e. The van der Waals surface area contributed by atoms with Crippen LogP contribution >= 0.6 is 11.6 Å². The molecule has 1 amide bonds. The maximum Gasteiger partial charge on any atom is 0.341 e. The van der Waals surface area contributed by atoms with E-state index < -0.39 is 22.8 Å². The number of carbonyl (C=O) groups is 2. The zero-order valence-corrected chi connectivity index (χ0v) is 19.2. The number of imidazole rings is 1. The van der Waals surface area contributed by atoms with E-state index in [-0.39, 0.29) is 40.6 Å². The molecule has 9 nitrogen and oxygen atoms in total. The second-order valence-electron chi connectivity index (χ2n) is 8.83. The van der Waals surface area contributed by atoms with Crippen LogP contribution in [0.1, 0.15) is 41.5 Å². The minimum atomic E-state index is -1.36. The first-order valence-electron chi connectivity index (χ1n) is 11.1. The summed E-state index contributed by atoms with van der Waals surface area (Å²) >= 11 is 6.69. The minimum absolute atomic E-state index is 0.0225. The van der Waals surface area contributed by atoms with Crippen LogP contribution < -0.4 is 15.6 Å². The number of carbonyl (C=O) groups excluding carboxylic acids is 1. The number of carboxylic acid groups (broad SMARTS) is 1. The van der Waals surface area contributed by atoms with Crippen molar-refractivity contribution in [1.82, 2.24) is 19.4 Å². The van der Waals surface area contributed by atoms with Gasteiger partial charge in [-0.2, -0.15) is 0 Å². The van der Waals surface area contributed by atoms with Crippen LogP contribution in [0.4, 0.5) is 10.1 Å². The molecule has 3 heterocycles. The zero-order chi connectivity index (χ0) is 24.1. The van der Waals surface area contributed by atoms with Gasteiger partial charge in [-0.15, -0.1) is 0 Å². The van der Waals surface area contributed by atoms with Crippen molar-refractivity contribution in [2.45, 2.75) is 44.8 Å². The molecule has 1 atom stereocenters. The molecular formula is C23H23ClFN5O4. The molecule has 2 aliphatic rings. The third-order valence-corrected chi connectivity index (χ3v) is 6.82. The summed E-state index contributed by atoms with van der Waals surface area (Å²) in [6.45, 7) is 2.79. The van der Waals surface area contributed by atoms with Crippen LogP contribution in [0.25, 0.3) is 10.9 Å². The van der Waals surface area contributed by atoms with Gasteiger partial charge in [-0.05, 0) is 32.3 Å². The lowest BCUT2D eigenvalue weighted by molar-refractivity contribution is -0.122. The van der Waals surface area contributed by atoms with Crippen molar-refractivity contribution in [2.24, 2.45) is 0 Å². The third-order valence-electron chi connectivity index (χ3n) is 6.46. The molecule has 2 N–H and O–H groups in total. The van der Waals surface area contributed by atoms with Gasteiger partial charge in [0, 0.05) is 43.8 Å². The van der Waals surface area contributed by atoms with Crippen LogP contribution in [0.5, 0.6) is 0 Å². The van der Waals surface area contributed by atoms with Crippen molar-refractivity contribution < 1.29 is 19.1 Å². The Kier molecular flexibility index (Phi) is 5.55. The molecule has 178 valence electrons. The van der Waals surface area contributed by atoms with Gasteiger partial charge < -0.3 is 24.5 Å². The Morgan fingerprint density at radius 3 is 2.74 bits per heavy atom. The van der Waals surface area contributed by atoms with Gasteiger partial charge in [0.05, 0.1) is 21.6 Å². The van der Waals surface area contributed by atoms with E-state index in [0.29, 0.717) is 25.0 Å². The predicted molar refractivity (Wildman–Crippen MR) is 124 cm³/mol. The van der Waals surface area contributed by atoms with Crippen molar-refractivity contribution in [1.29, 1.82) is 0 Å². The van der Waals surface area contributed by atoms with Gasteiger partial charge in [0.25, 0.3) is 0 Å². The highest BCUT2D eigenvalue weighted by molar-refractivity contribution is 6.38. The Morgan fingerprint density at radius 1 is 1.32 bits per heavy atom. The van der Waals surface area contributed by atoms with E-state index in [1.807, 2.05) is 6.92 Å². The van der Waals surface area contributed by atoms with E-state index >= 15 is 4.39 Å². The number of rotatable bonds is 6. The summed E-state index contributed by atoms with van der Waals surface area (Å²) in [4.78, 5) is 42.6. The average Bonchev–Trinajstić information content (AvgIpc) is 3.40. The van der Waals surface area contributed by atoms with E-state index in [0.717, 1.165) is 24.7 Å². The molecule has 34 heavy (non-hydrogen) atoms. The molecular weight excluding hydrogens is 465 g/mol. The number of amides is 1. The van der Waals surface area contributed by atoms with Crippen molar-refractivity contribution >= 4 is 40.1 Å². The molecule has 1 unspecified atom stereocenters. The number of hydrogen-bond acceptors (Lipinski definition) is 5. The van der Waals surface area contributed by atoms with Crippen LogP contribution in [0.15, 0.2) is 29.5 Å². The topological polar surface area (TPSA) is 109 Å². The number of aryl methyl sites for hydroxylation is 1. The lowest BCUT2D eigenvalue weighted by Crippen LogP contribution is -2.39. The van der Waals surface area contributed by atoms with Gasteiger partial charge in [-0.1, -0.05) is 11.6 Å². The molecule has 1 saturated carbocycles.